The molecule has 6 atom stereocenters. The number of ketones is 2. The van der Waals surface area contributed by atoms with Crippen molar-refractivity contribution in [1.82, 2.24) is 0 Å². The molecule has 0 spiro atoms. The van der Waals surface area contributed by atoms with Crippen molar-refractivity contribution in [3.63, 3.8) is 0 Å². The van der Waals surface area contributed by atoms with E-state index in [2.05, 4.69) is 6.92 Å². The summed E-state index contributed by atoms with van der Waals surface area (Å²) < 4.78 is 0. The predicted octanol–water partition coefficient (Wildman–Crippen LogP) is 2.87. The summed E-state index contributed by atoms with van der Waals surface area (Å²) >= 11 is 0. The monoisotopic (exact) mass is 344 g/mol. The first-order chi connectivity index (χ1) is 12.0. The van der Waals surface area contributed by atoms with E-state index < -0.39 is 12.0 Å². The number of aliphatic hydroxyl groups is 1. The van der Waals surface area contributed by atoms with Crippen molar-refractivity contribution in [2.45, 2.75) is 58.3 Å². The Hall–Kier alpha value is -1.29. The van der Waals surface area contributed by atoms with Crippen molar-refractivity contribution in [1.29, 1.82) is 0 Å². The van der Waals surface area contributed by atoms with Gasteiger partial charge < -0.3 is 9.90 Å². The number of carbonyl (C=O) groups is 3. The molecule has 0 aliphatic heterocycles. The third kappa shape index (κ3) is 2.26. The summed E-state index contributed by atoms with van der Waals surface area (Å²) in [5.41, 5.74) is 0.859. The molecule has 3 fully saturated rings. The molecular formula is C21H28O4. The molecule has 0 unspecified atom stereocenters. The highest BCUT2D eigenvalue weighted by atomic mass is 16.3. The Labute approximate surface area is 149 Å². The van der Waals surface area contributed by atoms with Crippen molar-refractivity contribution in [2.75, 3.05) is 6.61 Å². The van der Waals surface area contributed by atoms with Crippen LogP contribution in [0.2, 0.25) is 0 Å². The van der Waals surface area contributed by atoms with Crippen LogP contribution in [0.5, 0.6) is 0 Å². The Bertz CT molecular complexity index is 650. The van der Waals surface area contributed by atoms with E-state index in [1.54, 1.807) is 0 Å². The molecule has 1 N–H and O–H groups in total. The van der Waals surface area contributed by atoms with Gasteiger partial charge in [-0.25, -0.2) is 0 Å². The van der Waals surface area contributed by atoms with Crippen molar-refractivity contribution in [2.24, 2.45) is 34.5 Å². The topological polar surface area (TPSA) is 71.4 Å². The van der Waals surface area contributed by atoms with Gasteiger partial charge in [0, 0.05) is 17.8 Å². The van der Waals surface area contributed by atoms with Gasteiger partial charge in [0.1, 0.15) is 12.9 Å². The summed E-state index contributed by atoms with van der Waals surface area (Å²) in [6, 6.07) is 0. The molecule has 0 bridgehead atoms. The number of carbonyl (C=O) groups excluding carboxylic acids is 3. The molecule has 0 heterocycles. The van der Waals surface area contributed by atoms with Crippen LogP contribution in [0, 0.1) is 34.5 Å². The summed E-state index contributed by atoms with van der Waals surface area (Å²) in [6.07, 6.45) is 9.89. The van der Waals surface area contributed by atoms with Gasteiger partial charge in [0.25, 0.3) is 0 Å². The molecule has 0 aromatic carbocycles. The van der Waals surface area contributed by atoms with E-state index in [0.29, 0.717) is 18.3 Å². The standard InChI is InChI=1S/C21H28O4/c1-20-8-6-14(24)10-13(20)2-3-15-16(20)7-9-21(12-23)17(15)4-5-18(21)19(25)11-22/h10,12,15-18,22H,2-9,11H2,1H3/t15-,16+,17+,18-,20+,21-/m1/s1. The lowest BCUT2D eigenvalue weighted by atomic mass is 9.46. The molecule has 136 valence electrons. The first-order valence-corrected chi connectivity index (χ1v) is 9.80. The van der Waals surface area contributed by atoms with E-state index in [4.69, 9.17) is 0 Å². The van der Waals surface area contributed by atoms with Gasteiger partial charge in [0.2, 0.25) is 0 Å². The van der Waals surface area contributed by atoms with Crippen molar-refractivity contribution in [3.05, 3.63) is 11.6 Å². The zero-order valence-electron chi connectivity index (χ0n) is 15.0. The lowest BCUT2D eigenvalue weighted by Gasteiger charge is -2.57. The lowest BCUT2D eigenvalue weighted by Crippen LogP contribution is -2.52. The molecule has 4 aliphatic carbocycles. The highest BCUT2D eigenvalue weighted by Gasteiger charge is 2.62. The first-order valence-electron chi connectivity index (χ1n) is 9.80. The maximum atomic E-state index is 12.3. The molecule has 4 aliphatic rings. The highest BCUT2D eigenvalue weighted by Crippen LogP contribution is 2.66. The minimum Gasteiger partial charge on any atom is -0.389 e. The zero-order valence-corrected chi connectivity index (χ0v) is 15.0. The SMILES string of the molecule is C[C@]12CCC(=O)C=C1CC[C@H]1[C@@H]3CC[C@H](C(=O)CO)[C@@]3(C=O)CC[C@@H]12. The van der Waals surface area contributed by atoms with Crippen LogP contribution in [-0.2, 0) is 14.4 Å². The van der Waals surface area contributed by atoms with Gasteiger partial charge in [0.15, 0.2) is 11.6 Å². The number of allylic oxidation sites excluding steroid dienone is 1. The zero-order chi connectivity index (χ0) is 17.8. The van der Waals surface area contributed by atoms with Crippen LogP contribution in [-0.4, -0.2) is 29.6 Å². The minimum absolute atomic E-state index is 0.0882. The summed E-state index contributed by atoms with van der Waals surface area (Å²) in [5.74, 6) is 1.06. The van der Waals surface area contributed by atoms with Crippen LogP contribution < -0.4 is 0 Å². The van der Waals surface area contributed by atoms with Gasteiger partial charge in [-0.2, -0.15) is 0 Å². The number of hydrogen-bond acceptors (Lipinski definition) is 4. The first kappa shape index (κ1) is 17.1. The second kappa shape index (κ2) is 5.87. The Morgan fingerprint density at radius 1 is 1.20 bits per heavy atom. The molecule has 25 heavy (non-hydrogen) atoms. The average Bonchev–Trinajstić information content (AvgIpc) is 3.01. The summed E-state index contributed by atoms with van der Waals surface area (Å²) in [4.78, 5) is 36.3. The summed E-state index contributed by atoms with van der Waals surface area (Å²) in [6.45, 7) is 1.87. The molecule has 4 nitrogen and oxygen atoms in total. The average molecular weight is 344 g/mol. The molecule has 0 saturated heterocycles. The Morgan fingerprint density at radius 3 is 2.72 bits per heavy atom. The number of aliphatic hydroxyl groups excluding tert-OH is 1. The van der Waals surface area contributed by atoms with Crippen LogP contribution in [0.25, 0.3) is 0 Å². The molecule has 4 rings (SSSR count). The third-order valence-electron chi connectivity index (χ3n) is 8.32. The van der Waals surface area contributed by atoms with E-state index in [9.17, 15) is 19.5 Å². The van der Waals surface area contributed by atoms with Crippen LogP contribution in [0.4, 0.5) is 0 Å². The number of aldehydes is 1. The van der Waals surface area contributed by atoms with Gasteiger partial charge >= 0.3 is 0 Å². The highest BCUT2D eigenvalue weighted by molar-refractivity contribution is 5.91. The van der Waals surface area contributed by atoms with Gasteiger partial charge in [0.05, 0.1) is 0 Å². The van der Waals surface area contributed by atoms with Crippen LogP contribution >= 0.6 is 0 Å². The predicted molar refractivity (Wildman–Crippen MR) is 92.7 cm³/mol. The quantitative estimate of drug-likeness (QED) is 0.799. The van der Waals surface area contributed by atoms with Gasteiger partial charge in [-0.1, -0.05) is 12.5 Å². The summed E-state index contributed by atoms with van der Waals surface area (Å²) in [5, 5.41) is 9.34. The molecule has 0 amide bonds. The van der Waals surface area contributed by atoms with Gasteiger partial charge in [-0.3, -0.25) is 9.59 Å². The van der Waals surface area contributed by atoms with E-state index in [1.807, 2.05) is 6.08 Å². The van der Waals surface area contributed by atoms with Gasteiger partial charge in [-0.15, -0.1) is 0 Å². The summed E-state index contributed by atoms with van der Waals surface area (Å²) in [7, 11) is 0. The largest absolute Gasteiger partial charge is 0.389 e. The van der Waals surface area contributed by atoms with Crippen LogP contribution in [0.15, 0.2) is 11.6 Å². The molecule has 0 radical (unpaired) electrons. The maximum Gasteiger partial charge on any atom is 0.162 e. The fourth-order valence-corrected chi connectivity index (χ4v) is 7.09. The number of hydrogen-bond donors (Lipinski definition) is 1. The van der Waals surface area contributed by atoms with E-state index >= 15 is 0 Å². The Kier molecular flexibility index (Phi) is 4.02. The number of rotatable bonds is 3. The van der Waals surface area contributed by atoms with Crippen molar-refractivity contribution >= 4 is 17.9 Å². The Balaban J connectivity index is 1.68. The fourth-order valence-electron chi connectivity index (χ4n) is 7.09. The number of Topliss-reactive ketones (excluding diaryl/α,β-unsaturated/α-hetero) is 1. The smallest absolute Gasteiger partial charge is 0.162 e. The van der Waals surface area contributed by atoms with Gasteiger partial charge in [-0.05, 0) is 74.2 Å². The lowest BCUT2D eigenvalue weighted by molar-refractivity contribution is -0.142. The number of fused-ring (bicyclic) bond motifs is 5. The van der Waals surface area contributed by atoms with E-state index in [-0.39, 0.29) is 28.8 Å². The van der Waals surface area contributed by atoms with Crippen LogP contribution in [0.3, 0.4) is 0 Å². The van der Waals surface area contributed by atoms with E-state index in [0.717, 1.165) is 51.2 Å². The minimum atomic E-state index is -0.553. The molecule has 4 heteroatoms. The van der Waals surface area contributed by atoms with Crippen molar-refractivity contribution < 1.29 is 19.5 Å². The second-order valence-corrected chi connectivity index (χ2v) is 8.99. The normalized spacial score (nSPS) is 45.8. The third-order valence-corrected chi connectivity index (χ3v) is 8.32. The second-order valence-electron chi connectivity index (χ2n) is 8.99. The molecular weight excluding hydrogens is 316 g/mol. The maximum absolute atomic E-state index is 12.3. The molecule has 0 aromatic heterocycles. The van der Waals surface area contributed by atoms with Crippen molar-refractivity contribution in [3.8, 4) is 0 Å². The Morgan fingerprint density at radius 2 is 2.00 bits per heavy atom. The fraction of sp³-hybridized carbons (Fsp3) is 0.762. The van der Waals surface area contributed by atoms with Crippen LogP contribution in [0.1, 0.15) is 58.3 Å². The van der Waals surface area contributed by atoms with E-state index in [1.165, 1.54) is 5.57 Å². The molecule has 3 saturated carbocycles. The molecule has 0 aromatic rings.